The highest BCUT2D eigenvalue weighted by Crippen LogP contribution is 2.38. The molecule has 11 heavy (non-hydrogen) atoms. The molecule has 1 aliphatic heterocycles. The maximum Gasteiger partial charge on any atom is 0.109 e. The van der Waals surface area contributed by atoms with Gasteiger partial charge in [-0.05, 0) is 18.8 Å². The van der Waals surface area contributed by atoms with E-state index in [2.05, 4.69) is 13.8 Å². The SMILES string of the molecule is [B][C@@H]1O[C@](C)(CO)C(C)[C@@H]1C. The van der Waals surface area contributed by atoms with E-state index < -0.39 is 5.60 Å². The second-order valence-corrected chi connectivity index (χ2v) is 3.70. The largest absolute Gasteiger partial charge is 0.393 e. The molecule has 2 radical (unpaired) electrons. The molecule has 1 unspecified atom stereocenters. The van der Waals surface area contributed by atoms with Crippen LogP contribution >= 0.6 is 0 Å². The Bertz CT molecular complexity index is 151. The van der Waals surface area contributed by atoms with Gasteiger partial charge < -0.3 is 9.84 Å². The third kappa shape index (κ3) is 1.32. The van der Waals surface area contributed by atoms with Crippen molar-refractivity contribution in [2.75, 3.05) is 6.61 Å². The summed E-state index contributed by atoms with van der Waals surface area (Å²) < 4.78 is 5.45. The number of aliphatic hydroxyl groups excluding tert-OH is 1. The average molecular weight is 154 g/mol. The zero-order valence-corrected chi connectivity index (χ0v) is 7.37. The maximum absolute atomic E-state index is 9.05. The fourth-order valence-corrected chi connectivity index (χ4v) is 1.55. The van der Waals surface area contributed by atoms with E-state index in [1.54, 1.807) is 0 Å². The van der Waals surface area contributed by atoms with Crippen LogP contribution < -0.4 is 0 Å². The van der Waals surface area contributed by atoms with Gasteiger partial charge in [0, 0.05) is 6.00 Å². The minimum absolute atomic E-state index is 0.0478. The highest BCUT2D eigenvalue weighted by molar-refractivity contribution is 6.11. The van der Waals surface area contributed by atoms with Crippen LogP contribution in [0.2, 0.25) is 0 Å². The van der Waals surface area contributed by atoms with E-state index in [1.807, 2.05) is 6.92 Å². The highest BCUT2D eigenvalue weighted by atomic mass is 16.5. The summed E-state index contributed by atoms with van der Waals surface area (Å²) in [6.07, 6.45) is 0. The van der Waals surface area contributed by atoms with Crippen molar-refractivity contribution < 1.29 is 9.84 Å². The second kappa shape index (κ2) is 2.79. The van der Waals surface area contributed by atoms with Crippen molar-refractivity contribution >= 4 is 7.85 Å². The van der Waals surface area contributed by atoms with Crippen LogP contribution in [-0.2, 0) is 4.74 Å². The molecular weight excluding hydrogens is 139 g/mol. The molecule has 1 rings (SSSR count). The zero-order valence-electron chi connectivity index (χ0n) is 7.37. The van der Waals surface area contributed by atoms with E-state index in [1.165, 1.54) is 0 Å². The van der Waals surface area contributed by atoms with E-state index >= 15 is 0 Å². The number of hydrogen-bond acceptors (Lipinski definition) is 2. The minimum Gasteiger partial charge on any atom is -0.393 e. The lowest BCUT2D eigenvalue weighted by Gasteiger charge is -2.26. The second-order valence-electron chi connectivity index (χ2n) is 3.70. The molecule has 2 nitrogen and oxygen atoms in total. The average Bonchev–Trinajstić information content (AvgIpc) is 2.17. The third-order valence-corrected chi connectivity index (χ3v) is 2.99. The van der Waals surface area contributed by atoms with Crippen LogP contribution in [0.1, 0.15) is 20.8 Å². The van der Waals surface area contributed by atoms with Gasteiger partial charge in [-0.1, -0.05) is 13.8 Å². The monoisotopic (exact) mass is 154 g/mol. The molecule has 1 aliphatic rings. The summed E-state index contributed by atoms with van der Waals surface area (Å²) in [4.78, 5) is 0. The molecule has 4 atom stereocenters. The molecule has 0 aliphatic carbocycles. The minimum atomic E-state index is -0.432. The lowest BCUT2D eigenvalue weighted by molar-refractivity contribution is -0.0544. The quantitative estimate of drug-likeness (QED) is 0.558. The lowest BCUT2D eigenvalue weighted by atomic mass is 9.78. The van der Waals surface area contributed by atoms with E-state index in [-0.39, 0.29) is 12.6 Å². The van der Waals surface area contributed by atoms with Crippen LogP contribution in [0.15, 0.2) is 0 Å². The molecule has 0 amide bonds. The Hall–Kier alpha value is -0.0151. The zero-order chi connectivity index (χ0) is 8.65. The fourth-order valence-electron chi connectivity index (χ4n) is 1.55. The first kappa shape index (κ1) is 9.08. The summed E-state index contributed by atoms with van der Waals surface area (Å²) in [6.45, 7) is 6.07. The van der Waals surface area contributed by atoms with Crippen LogP contribution in [0, 0.1) is 11.8 Å². The van der Waals surface area contributed by atoms with Crippen molar-refractivity contribution in [3.05, 3.63) is 0 Å². The van der Waals surface area contributed by atoms with Crippen molar-refractivity contribution in [3.63, 3.8) is 0 Å². The molecule has 3 heteroatoms. The molecule has 1 saturated heterocycles. The Morgan fingerprint density at radius 3 is 2.27 bits per heavy atom. The Morgan fingerprint density at radius 2 is 2.09 bits per heavy atom. The van der Waals surface area contributed by atoms with Crippen molar-refractivity contribution in [2.24, 2.45) is 11.8 Å². The lowest BCUT2D eigenvalue weighted by Crippen LogP contribution is -2.35. The number of hydrogen-bond donors (Lipinski definition) is 1. The van der Waals surface area contributed by atoms with Crippen LogP contribution in [0.5, 0.6) is 0 Å². The summed E-state index contributed by atoms with van der Waals surface area (Å²) in [6, 6.07) is -0.220. The summed E-state index contributed by atoms with van der Waals surface area (Å²) in [5, 5.41) is 9.05. The predicted molar refractivity (Wildman–Crippen MR) is 44.4 cm³/mol. The standard InChI is InChI=1S/C8H15BO2/c1-5-6(2)8(3,4-10)11-7(5)9/h5-7,10H,4H2,1-3H3/t5-,6?,7+,8+/m0/s1. The Kier molecular flexibility index (Phi) is 2.31. The molecule has 1 fully saturated rings. The van der Waals surface area contributed by atoms with Crippen LogP contribution in [0.3, 0.4) is 0 Å². The summed E-state index contributed by atoms with van der Waals surface area (Å²) in [5.41, 5.74) is -0.432. The van der Waals surface area contributed by atoms with Crippen molar-refractivity contribution in [2.45, 2.75) is 32.4 Å². The van der Waals surface area contributed by atoms with E-state index in [0.29, 0.717) is 11.8 Å². The maximum atomic E-state index is 9.05. The van der Waals surface area contributed by atoms with Crippen LogP contribution in [-0.4, -0.2) is 31.2 Å². The van der Waals surface area contributed by atoms with Crippen molar-refractivity contribution in [1.82, 2.24) is 0 Å². The summed E-state index contributed by atoms with van der Waals surface area (Å²) in [7, 11) is 5.69. The van der Waals surface area contributed by atoms with Gasteiger partial charge in [-0.15, -0.1) is 0 Å². The van der Waals surface area contributed by atoms with Gasteiger partial charge in [0.25, 0.3) is 0 Å². The molecular formula is C8H15BO2. The molecule has 1 N–H and O–H groups in total. The normalized spacial score (nSPS) is 51.5. The number of aliphatic hydroxyl groups is 1. The topological polar surface area (TPSA) is 29.5 Å². The van der Waals surface area contributed by atoms with Gasteiger partial charge in [-0.2, -0.15) is 0 Å². The highest BCUT2D eigenvalue weighted by Gasteiger charge is 2.44. The number of ether oxygens (including phenoxy) is 1. The molecule has 0 bridgehead atoms. The fraction of sp³-hybridized carbons (Fsp3) is 1.00. The molecule has 0 aromatic carbocycles. The third-order valence-electron chi connectivity index (χ3n) is 2.99. The molecule has 1 heterocycles. The van der Waals surface area contributed by atoms with Gasteiger partial charge >= 0.3 is 0 Å². The van der Waals surface area contributed by atoms with Crippen LogP contribution in [0.25, 0.3) is 0 Å². The first-order chi connectivity index (χ1) is 5.01. The molecule has 0 aromatic heterocycles. The summed E-state index contributed by atoms with van der Waals surface area (Å²) >= 11 is 0. The summed E-state index contributed by atoms with van der Waals surface area (Å²) in [5.74, 6) is 0.648. The van der Waals surface area contributed by atoms with Gasteiger partial charge in [0.2, 0.25) is 0 Å². The molecule has 0 spiro atoms. The first-order valence-electron chi connectivity index (χ1n) is 4.05. The first-order valence-corrected chi connectivity index (χ1v) is 4.05. The Labute approximate surface area is 69.3 Å². The van der Waals surface area contributed by atoms with Gasteiger partial charge in [-0.25, -0.2) is 0 Å². The van der Waals surface area contributed by atoms with Crippen molar-refractivity contribution in [1.29, 1.82) is 0 Å². The van der Waals surface area contributed by atoms with E-state index in [0.717, 1.165) is 0 Å². The molecule has 0 saturated carbocycles. The van der Waals surface area contributed by atoms with Gasteiger partial charge in [0.15, 0.2) is 0 Å². The Morgan fingerprint density at radius 1 is 1.55 bits per heavy atom. The van der Waals surface area contributed by atoms with E-state index in [9.17, 15) is 0 Å². The Balaban J connectivity index is 2.73. The van der Waals surface area contributed by atoms with Gasteiger partial charge in [0.05, 0.1) is 12.2 Å². The van der Waals surface area contributed by atoms with Crippen LogP contribution in [0.4, 0.5) is 0 Å². The predicted octanol–water partition coefficient (Wildman–Crippen LogP) is 0.534. The smallest absolute Gasteiger partial charge is 0.109 e. The number of rotatable bonds is 1. The van der Waals surface area contributed by atoms with Gasteiger partial charge in [-0.3, -0.25) is 0 Å². The van der Waals surface area contributed by atoms with Gasteiger partial charge in [0.1, 0.15) is 7.85 Å². The molecule has 0 aromatic rings. The van der Waals surface area contributed by atoms with Crippen molar-refractivity contribution in [3.8, 4) is 0 Å². The van der Waals surface area contributed by atoms with E-state index in [4.69, 9.17) is 17.7 Å². The molecule has 62 valence electrons.